The van der Waals surface area contributed by atoms with E-state index < -0.39 is 9.84 Å². The Morgan fingerprint density at radius 2 is 1.89 bits per heavy atom. The third-order valence-corrected chi connectivity index (χ3v) is 6.59. The lowest BCUT2D eigenvalue weighted by molar-refractivity contribution is 0.102. The van der Waals surface area contributed by atoms with Crippen LogP contribution in [0.1, 0.15) is 32.7 Å². The van der Waals surface area contributed by atoms with Crippen molar-refractivity contribution in [1.29, 1.82) is 0 Å². The van der Waals surface area contributed by atoms with E-state index in [2.05, 4.69) is 10.4 Å². The minimum absolute atomic E-state index is 0.125. The van der Waals surface area contributed by atoms with Crippen LogP contribution in [0.3, 0.4) is 0 Å². The van der Waals surface area contributed by atoms with E-state index in [4.69, 9.17) is 11.6 Å². The smallest absolute Gasteiger partial charge is 0.256 e. The van der Waals surface area contributed by atoms with Crippen LogP contribution in [-0.2, 0) is 21.3 Å². The number of hydrogen-bond acceptors (Lipinski definition) is 4. The number of nitrogens with zero attached hydrogens (tertiary/aromatic N) is 2. The van der Waals surface area contributed by atoms with Crippen molar-refractivity contribution in [2.45, 2.75) is 25.4 Å². The predicted octanol–water partition coefficient (Wildman–Crippen LogP) is 3.82. The van der Waals surface area contributed by atoms with Crippen molar-refractivity contribution in [1.82, 2.24) is 9.78 Å². The van der Waals surface area contributed by atoms with Crippen molar-refractivity contribution in [2.24, 2.45) is 0 Å². The molecule has 0 atom stereocenters. The molecule has 0 aliphatic carbocycles. The molecule has 0 fully saturated rings. The van der Waals surface area contributed by atoms with Gasteiger partial charge in [0.15, 0.2) is 9.84 Å². The first-order chi connectivity index (χ1) is 13.2. The lowest BCUT2D eigenvalue weighted by Crippen LogP contribution is -2.17. The van der Waals surface area contributed by atoms with Crippen LogP contribution in [0.4, 0.5) is 5.82 Å². The monoisotopic (exact) mass is 415 g/mol. The normalized spacial score (nSPS) is 14.7. The summed E-state index contributed by atoms with van der Waals surface area (Å²) in [5.41, 5.74) is 4.28. The largest absolute Gasteiger partial charge is 0.306 e. The quantitative estimate of drug-likeness (QED) is 0.705. The number of aromatic nitrogens is 2. The number of aryl methyl sites for hydroxylation is 1. The Labute approximate surface area is 168 Å². The number of carbonyl (C=O) groups excluding carboxylic acids is 1. The third-order valence-electron chi connectivity index (χ3n) is 4.91. The van der Waals surface area contributed by atoms with Crippen molar-refractivity contribution in [3.63, 3.8) is 0 Å². The molecule has 0 radical (unpaired) electrons. The molecule has 8 heteroatoms. The summed E-state index contributed by atoms with van der Waals surface area (Å²) in [6.45, 7) is 3.96. The van der Waals surface area contributed by atoms with Crippen LogP contribution in [0.25, 0.3) is 5.69 Å². The van der Waals surface area contributed by atoms with Gasteiger partial charge < -0.3 is 5.32 Å². The van der Waals surface area contributed by atoms with E-state index >= 15 is 0 Å². The van der Waals surface area contributed by atoms with Crippen molar-refractivity contribution in [3.8, 4) is 5.69 Å². The molecule has 1 aliphatic heterocycles. The number of anilines is 1. The van der Waals surface area contributed by atoms with Gasteiger partial charge in [0.1, 0.15) is 5.82 Å². The fourth-order valence-electron chi connectivity index (χ4n) is 3.32. The van der Waals surface area contributed by atoms with Gasteiger partial charge in [-0.3, -0.25) is 4.79 Å². The Kier molecular flexibility index (Phi) is 4.51. The Balaban J connectivity index is 1.83. The number of hydrogen-bond donors (Lipinski definition) is 1. The van der Waals surface area contributed by atoms with E-state index in [-0.39, 0.29) is 17.4 Å². The van der Waals surface area contributed by atoms with Gasteiger partial charge in [-0.05, 0) is 49.2 Å². The summed E-state index contributed by atoms with van der Waals surface area (Å²) in [4.78, 5) is 12.8. The van der Waals surface area contributed by atoms with Gasteiger partial charge in [-0.15, -0.1) is 0 Å². The van der Waals surface area contributed by atoms with E-state index in [9.17, 15) is 13.2 Å². The summed E-state index contributed by atoms with van der Waals surface area (Å²) in [6, 6.07) is 12.4. The highest BCUT2D eigenvalue weighted by atomic mass is 35.5. The molecule has 4 rings (SSSR count). The number of benzene rings is 2. The van der Waals surface area contributed by atoms with Crippen molar-refractivity contribution in [2.75, 3.05) is 5.32 Å². The van der Waals surface area contributed by atoms with Crippen LogP contribution >= 0.6 is 11.6 Å². The second kappa shape index (κ2) is 6.76. The van der Waals surface area contributed by atoms with E-state index in [1.54, 1.807) is 28.9 Å². The molecule has 0 saturated heterocycles. The number of rotatable bonds is 3. The predicted molar refractivity (Wildman–Crippen MR) is 109 cm³/mol. The number of sulfone groups is 1. The maximum atomic E-state index is 12.8. The second-order valence-corrected chi connectivity index (χ2v) is 9.40. The van der Waals surface area contributed by atoms with Gasteiger partial charge in [0.2, 0.25) is 0 Å². The summed E-state index contributed by atoms with van der Waals surface area (Å²) >= 11 is 5.99. The first kappa shape index (κ1) is 18.7. The molecule has 0 bridgehead atoms. The van der Waals surface area contributed by atoms with E-state index in [1.165, 1.54) is 0 Å². The second-order valence-electron chi connectivity index (χ2n) is 6.90. The van der Waals surface area contributed by atoms with Crippen molar-refractivity contribution in [3.05, 3.63) is 75.4 Å². The molecule has 0 unspecified atom stereocenters. The molecule has 2 aromatic carbocycles. The van der Waals surface area contributed by atoms with Crippen LogP contribution in [0.5, 0.6) is 0 Å². The van der Waals surface area contributed by atoms with Crippen LogP contribution in [0.15, 0.2) is 42.5 Å². The maximum Gasteiger partial charge on any atom is 0.256 e. The lowest BCUT2D eigenvalue weighted by atomic mass is 10.1. The molecule has 144 valence electrons. The van der Waals surface area contributed by atoms with Crippen LogP contribution < -0.4 is 5.32 Å². The zero-order valence-corrected chi connectivity index (χ0v) is 16.9. The van der Waals surface area contributed by atoms with Gasteiger partial charge in [-0.2, -0.15) is 5.10 Å². The zero-order valence-electron chi connectivity index (χ0n) is 15.4. The first-order valence-corrected chi connectivity index (χ1v) is 10.9. The standard InChI is InChI=1S/C20H18ClN3O3S/c1-12-5-3-8-18(13(12)2)24-19(16-10-28(26,27)11-17(16)23-24)22-20(25)14-6-4-7-15(21)9-14/h3-9H,10-11H2,1-2H3,(H,22,25). The minimum Gasteiger partial charge on any atom is -0.306 e. The summed E-state index contributed by atoms with van der Waals surface area (Å²) in [5, 5.41) is 7.82. The average molecular weight is 416 g/mol. The highest BCUT2D eigenvalue weighted by Crippen LogP contribution is 2.34. The molecule has 1 N–H and O–H groups in total. The van der Waals surface area contributed by atoms with E-state index in [1.807, 2.05) is 32.0 Å². The molecule has 3 aromatic rings. The molecule has 6 nitrogen and oxygen atoms in total. The summed E-state index contributed by atoms with van der Waals surface area (Å²) in [7, 11) is -3.26. The number of nitrogens with one attached hydrogen (secondary N) is 1. The Morgan fingerprint density at radius 3 is 2.64 bits per heavy atom. The molecule has 0 saturated carbocycles. The van der Waals surface area contributed by atoms with Crippen LogP contribution in [0.2, 0.25) is 5.02 Å². The summed E-state index contributed by atoms with van der Waals surface area (Å²) in [5.74, 6) is -0.255. The SMILES string of the molecule is Cc1cccc(-n2nc3c(c2NC(=O)c2cccc(Cl)c2)CS(=O)(=O)C3)c1C. The highest BCUT2D eigenvalue weighted by Gasteiger charge is 2.33. The van der Waals surface area contributed by atoms with E-state index in [0.717, 1.165) is 16.8 Å². The third kappa shape index (κ3) is 3.31. The average Bonchev–Trinajstić information content (AvgIpc) is 3.10. The van der Waals surface area contributed by atoms with Crippen molar-refractivity contribution < 1.29 is 13.2 Å². The topological polar surface area (TPSA) is 81.1 Å². The van der Waals surface area contributed by atoms with Crippen molar-refractivity contribution >= 4 is 33.2 Å². The minimum atomic E-state index is -3.26. The Bertz CT molecular complexity index is 1220. The van der Waals surface area contributed by atoms with Crippen LogP contribution in [-0.4, -0.2) is 24.1 Å². The highest BCUT2D eigenvalue weighted by molar-refractivity contribution is 7.90. The van der Waals surface area contributed by atoms with Gasteiger partial charge >= 0.3 is 0 Å². The molecule has 1 amide bonds. The maximum absolute atomic E-state index is 12.8. The molecular weight excluding hydrogens is 398 g/mol. The summed E-state index contributed by atoms with van der Waals surface area (Å²) in [6.07, 6.45) is 0. The number of fused-ring (bicyclic) bond motifs is 1. The molecule has 0 spiro atoms. The number of amides is 1. The first-order valence-electron chi connectivity index (χ1n) is 8.70. The molecule has 2 heterocycles. The fourth-order valence-corrected chi connectivity index (χ4v) is 5.00. The van der Waals surface area contributed by atoms with Gasteiger partial charge in [0.25, 0.3) is 5.91 Å². The number of carbonyl (C=O) groups is 1. The molecule has 28 heavy (non-hydrogen) atoms. The van der Waals surface area contributed by atoms with Gasteiger partial charge in [0, 0.05) is 16.1 Å². The number of halogens is 1. The summed E-state index contributed by atoms with van der Waals surface area (Å²) < 4.78 is 25.8. The fraction of sp³-hybridized carbons (Fsp3) is 0.200. The van der Waals surface area contributed by atoms with Gasteiger partial charge in [-0.25, -0.2) is 13.1 Å². The Morgan fingerprint density at radius 1 is 1.14 bits per heavy atom. The Hall–Kier alpha value is -2.64. The zero-order chi connectivity index (χ0) is 20.1. The molecule has 1 aliphatic rings. The molecular formula is C20H18ClN3O3S. The van der Waals surface area contributed by atoms with E-state index in [0.29, 0.717) is 27.7 Å². The van der Waals surface area contributed by atoms with Gasteiger partial charge in [0.05, 0.1) is 22.9 Å². The molecule has 1 aromatic heterocycles. The lowest BCUT2D eigenvalue weighted by Gasteiger charge is -2.14. The van der Waals surface area contributed by atoms with Crippen LogP contribution in [0, 0.1) is 13.8 Å². The van der Waals surface area contributed by atoms with Gasteiger partial charge in [-0.1, -0.05) is 29.8 Å².